The summed E-state index contributed by atoms with van der Waals surface area (Å²) in [5, 5.41) is 1.33. The molecule has 0 radical (unpaired) electrons. The molecule has 35 heavy (non-hydrogen) atoms. The van der Waals surface area contributed by atoms with E-state index in [1.165, 1.54) is 22.2 Å². The number of hydrogen-bond donors (Lipinski definition) is 0. The molecular weight excluding hydrogens is 472 g/mol. The highest BCUT2D eigenvalue weighted by Gasteiger charge is 2.32. The van der Waals surface area contributed by atoms with Crippen LogP contribution in [0.3, 0.4) is 0 Å². The van der Waals surface area contributed by atoms with Gasteiger partial charge in [-0.2, -0.15) is 0 Å². The van der Waals surface area contributed by atoms with Crippen molar-refractivity contribution in [1.29, 1.82) is 0 Å². The molecule has 2 aromatic carbocycles. The average Bonchev–Trinajstić information content (AvgIpc) is 3.21. The summed E-state index contributed by atoms with van der Waals surface area (Å²) < 4.78 is 1.69. The summed E-state index contributed by atoms with van der Waals surface area (Å²) in [6.45, 7) is 8.91. The monoisotopic (exact) mass is 502 g/mol. The summed E-state index contributed by atoms with van der Waals surface area (Å²) in [5.74, 6) is 0.855. The fraction of sp³-hybridized carbons (Fsp3) is 0.345. The van der Waals surface area contributed by atoms with Gasteiger partial charge in [-0.1, -0.05) is 80.6 Å². The van der Waals surface area contributed by atoms with Crippen LogP contribution < -0.4 is 5.56 Å². The summed E-state index contributed by atoms with van der Waals surface area (Å²) >= 11 is 3.00. The van der Waals surface area contributed by atoms with Crippen LogP contribution in [0.25, 0.3) is 15.9 Å². The Labute approximate surface area is 214 Å². The molecule has 1 aliphatic rings. The molecule has 180 valence electrons. The van der Waals surface area contributed by atoms with Crippen LogP contribution in [0.1, 0.15) is 53.6 Å². The number of fused-ring (bicyclic) bond motifs is 3. The average molecular weight is 503 g/mol. The van der Waals surface area contributed by atoms with Gasteiger partial charge in [0.1, 0.15) is 4.83 Å². The number of aryl methyl sites for hydroxylation is 2. The van der Waals surface area contributed by atoms with Gasteiger partial charge in [0.15, 0.2) is 10.9 Å². The molecule has 0 saturated heterocycles. The Kier molecular flexibility index (Phi) is 6.45. The molecule has 0 amide bonds. The van der Waals surface area contributed by atoms with Gasteiger partial charge in [-0.05, 0) is 55.2 Å². The van der Waals surface area contributed by atoms with Crippen molar-refractivity contribution in [2.24, 2.45) is 11.3 Å². The van der Waals surface area contributed by atoms with Crippen LogP contribution in [-0.4, -0.2) is 21.1 Å². The maximum absolute atomic E-state index is 13.9. The largest absolute Gasteiger partial charge is 0.293 e. The number of hydrogen-bond acceptors (Lipinski definition) is 5. The third kappa shape index (κ3) is 4.74. The second-order valence-corrected chi connectivity index (χ2v) is 12.5. The van der Waals surface area contributed by atoms with E-state index in [4.69, 9.17) is 4.98 Å². The topological polar surface area (TPSA) is 52.0 Å². The standard InChI is InChI=1S/C29H30N2O2S2/c1-18-10-12-19(13-11-18)23(32)17-34-28-30-26-25(27(33)31(28)21-8-6-5-7-9-21)22-15-14-20(29(2,3)4)16-24(22)35-26/h5-13,20H,14-17H2,1-4H3. The number of para-hydroxylation sites is 1. The molecule has 0 N–H and O–H groups in total. The molecule has 1 aliphatic carbocycles. The predicted octanol–water partition coefficient (Wildman–Crippen LogP) is 6.88. The Morgan fingerprint density at radius 2 is 1.83 bits per heavy atom. The molecule has 0 aliphatic heterocycles. The van der Waals surface area contributed by atoms with E-state index in [9.17, 15) is 9.59 Å². The third-order valence-electron chi connectivity index (χ3n) is 7.00. The molecular formula is C29H30N2O2S2. The first-order valence-corrected chi connectivity index (χ1v) is 13.9. The molecule has 6 heteroatoms. The molecule has 2 aromatic heterocycles. The van der Waals surface area contributed by atoms with Gasteiger partial charge in [0.05, 0.1) is 16.8 Å². The van der Waals surface area contributed by atoms with E-state index in [1.54, 1.807) is 15.9 Å². The zero-order valence-corrected chi connectivity index (χ0v) is 22.3. The fourth-order valence-corrected chi connectivity index (χ4v) is 7.05. The highest BCUT2D eigenvalue weighted by atomic mass is 32.2. The Hall–Kier alpha value is -2.70. The number of Topliss-reactive ketones (excluding diaryl/α,β-unsaturated/α-hetero) is 1. The van der Waals surface area contributed by atoms with Crippen LogP contribution in [0.15, 0.2) is 64.5 Å². The number of aromatic nitrogens is 2. The van der Waals surface area contributed by atoms with Gasteiger partial charge in [0.2, 0.25) is 0 Å². The van der Waals surface area contributed by atoms with Crippen molar-refractivity contribution in [3.8, 4) is 5.69 Å². The lowest BCUT2D eigenvalue weighted by Crippen LogP contribution is -2.27. The molecule has 5 rings (SSSR count). The molecule has 0 saturated carbocycles. The number of carbonyl (C=O) groups excluding carboxylic acids is 1. The Bertz CT molecular complexity index is 1440. The third-order valence-corrected chi connectivity index (χ3v) is 9.08. The number of thiophene rings is 1. The second kappa shape index (κ2) is 9.40. The second-order valence-electron chi connectivity index (χ2n) is 10.4. The maximum atomic E-state index is 13.9. The molecule has 0 bridgehead atoms. The zero-order valence-electron chi connectivity index (χ0n) is 20.6. The summed E-state index contributed by atoms with van der Waals surface area (Å²) in [6.07, 6.45) is 3.01. The van der Waals surface area contributed by atoms with Crippen LogP contribution in [0.4, 0.5) is 0 Å². The molecule has 2 heterocycles. The first-order chi connectivity index (χ1) is 16.7. The summed E-state index contributed by atoms with van der Waals surface area (Å²) in [4.78, 5) is 33.9. The van der Waals surface area contributed by atoms with E-state index in [2.05, 4.69) is 20.8 Å². The van der Waals surface area contributed by atoms with E-state index in [0.29, 0.717) is 16.6 Å². The molecule has 0 spiro atoms. The highest BCUT2D eigenvalue weighted by Crippen LogP contribution is 2.42. The quantitative estimate of drug-likeness (QED) is 0.170. The van der Waals surface area contributed by atoms with Crippen LogP contribution in [-0.2, 0) is 12.8 Å². The zero-order chi connectivity index (χ0) is 24.7. The first kappa shape index (κ1) is 24.0. The molecule has 4 nitrogen and oxygen atoms in total. The van der Waals surface area contributed by atoms with Gasteiger partial charge in [0, 0.05) is 10.4 Å². The van der Waals surface area contributed by atoms with E-state index < -0.39 is 0 Å². The number of carbonyl (C=O) groups is 1. The lowest BCUT2D eigenvalue weighted by Gasteiger charge is -2.33. The van der Waals surface area contributed by atoms with Gasteiger partial charge < -0.3 is 0 Å². The number of ketones is 1. The number of benzene rings is 2. The summed E-state index contributed by atoms with van der Waals surface area (Å²) in [5.41, 5.74) is 3.97. The molecule has 1 unspecified atom stereocenters. The molecule has 0 fully saturated rings. The Morgan fingerprint density at radius 3 is 2.51 bits per heavy atom. The summed E-state index contributed by atoms with van der Waals surface area (Å²) in [6, 6.07) is 17.3. The number of rotatable bonds is 5. The van der Waals surface area contributed by atoms with E-state index in [1.807, 2.05) is 61.5 Å². The van der Waals surface area contributed by atoms with Gasteiger partial charge >= 0.3 is 0 Å². The van der Waals surface area contributed by atoms with E-state index in [-0.39, 0.29) is 22.5 Å². The van der Waals surface area contributed by atoms with Crippen LogP contribution >= 0.6 is 23.1 Å². The predicted molar refractivity (Wildman–Crippen MR) is 146 cm³/mol. The number of thioether (sulfide) groups is 1. The minimum atomic E-state index is -0.0295. The van der Waals surface area contributed by atoms with Gasteiger partial charge in [0.25, 0.3) is 5.56 Å². The van der Waals surface area contributed by atoms with Crippen LogP contribution in [0, 0.1) is 18.3 Å². The van der Waals surface area contributed by atoms with Crippen molar-refractivity contribution in [3.05, 3.63) is 86.5 Å². The Balaban J connectivity index is 1.57. The van der Waals surface area contributed by atoms with Crippen molar-refractivity contribution in [3.63, 3.8) is 0 Å². The number of nitrogens with zero attached hydrogens (tertiary/aromatic N) is 2. The van der Waals surface area contributed by atoms with E-state index in [0.717, 1.165) is 40.7 Å². The minimum absolute atomic E-state index is 0.0295. The first-order valence-electron chi connectivity index (χ1n) is 12.1. The van der Waals surface area contributed by atoms with Crippen molar-refractivity contribution >= 4 is 39.1 Å². The van der Waals surface area contributed by atoms with E-state index >= 15 is 0 Å². The van der Waals surface area contributed by atoms with Crippen molar-refractivity contribution in [2.75, 3.05) is 5.75 Å². The maximum Gasteiger partial charge on any atom is 0.267 e. The van der Waals surface area contributed by atoms with Crippen molar-refractivity contribution in [1.82, 2.24) is 9.55 Å². The normalized spacial score (nSPS) is 15.8. The highest BCUT2D eigenvalue weighted by molar-refractivity contribution is 7.99. The molecule has 1 atom stereocenters. The van der Waals surface area contributed by atoms with Crippen LogP contribution in [0.5, 0.6) is 0 Å². The smallest absolute Gasteiger partial charge is 0.267 e. The lowest BCUT2D eigenvalue weighted by atomic mass is 9.72. The van der Waals surface area contributed by atoms with Gasteiger partial charge in [-0.15, -0.1) is 11.3 Å². The SMILES string of the molecule is Cc1ccc(C(=O)CSc2nc3sc4c(c3c(=O)n2-c2ccccc2)CCC(C(C)(C)C)C4)cc1. The van der Waals surface area contributed by atoms with Crippen molar-refractivity contribution < 1.29 is 4.79 Å². The van der Waals surface area contributed by atoms with Gasteiger partial charge in [-0.25, -0.2) is 4.98 Å². The molecule has 4 aromatic rings. The van der Waals surface area contributed by atoms with Gasteiger partial charge in [-0.3, -0.25) is 14.2 Å². The summed E-state index contributed by atoms with van der Waals surface area (Å²) in [7, 11) is 0. The Morgan fingerprint density at radius 1 is 1.11 bits per heavy atom. The van der Waals surface area contributed by atoms with Crippen molar-refractivity contribution in [2.45, 2.75) is 52.1 Å². The van der Waals surface area contributed by atoms with Crippen LogP contribution in [0.2, 0.25) is 0 Å². The fourth-order valence-electron chi connectivity index (χ4n) is 4.80. The minimum Gasteiger partial charge on any atom is -0.293 e. The lowest BCUT2D eigenvalue weighted by molar-refractivity contribution is 0.102.